The molecule has 9 heteroatoms. The number of aryl methyl sites for hydroxylation is 1. The number of amides is 1. The molecule has 0 aliphatic carbocycles. The lowest BCUT2D eigenvalue weighted by Gasteiger charge is -2.33. The average molecular weight is 504 g/mol. The molecule has 3 rings (SSSR count). The van der Waals surface area contributed by atoms with Crippen molar-refractivity contribution in [2.75, 3.05) is 45.7 Å². The molecule has 0 saturated heterocycles. The molecule has 0 radical (unpaired) electrons. The van der Waals surface area contributed by atoms with Gasteiger partial charge in [-0.05, 0) is 44.2 Å². The molecule has 1 heterocycles. The van der Waals surface area contributed by atoms with E-state index in [1.807, 2.05) is 58.0 Å². The highest BCUT2D eigenvalue weighted by Crippen LogP contribution is 2.30. The van der Waals surface area contributed by atoms with Gasteiger partial charge in [0.15, 0.2) is 0 Å². The Hall–Kier alpha value is -2.62. The standard InChI is InChI=1S/C26H37N3O5S/c1-18-7-10-23(11-8-18)35(32,33)28(6)16-25-19(2)15-29(20(3)17-30)26(31)14-21-13-22(27(4)5)9-12-24(21)34-25/h7-13,19-20,25,30H,14-17H2,1-6H3/t19-,20-,25-/m0/s1. The molecule has 0 fully saturated rings. The van der Waals surface area contributed by atoms with Gasteiger partial charge >= 0.3 is 0 Å². The number of aliphatic hydroxyl groups excluding tert-OH is 1. The highest BCUT2D eigenvalue weighted by atomic mass is 32.2. The van der Waals surface area contributed by atoms with Gasteiger partial charge in [0.2, 0.25) is 15.9 Å². The van der Waals surface area contributed by atoms with E-state index in [9.17, 15) is 18.3 Å². The van der Waals surface area contributed by atoms with Crippen LogP contribution in [0.2, 0.25) is 0 Å². The van der Waals surface area contributed by atoms with Gasteiger partial charge in [0, 0.05) is 44.9 Å². The predicted octanol–water partition coefficient (Wildman–Crippen LogP) is 2.53. The number of carbonyl (C=O) groups excluding carboxylic acids is 1. The van der Waals surface area contributed by atoms with Crippen LogP contribution in [0.15, 0.2) is 47.4 Å². The summed E-state index contributed by atoms with van der Waals surface area (Å²) in [5.74, 6) is 0.281. The highest BCUT2D eigenvalue weighted by Gasteiger charge is 2.33. The van der Waals surface area contributed by atoms with Gasteiger partial charge in [-0.2, -0.15) is 4.31 Å². The Labute approximate surface area is 209 Å². The monoisotopic (exact) mass is 503 g/mol. The van der Waals surface area contributed by atoms with Gasteiger partial charge in [-0.15, -0.1) is 0 Å². The van der Waals surface area contributed by atoms with Crippen molar-refractivity contribution in [2.24, 2.45) is 5.92 Å². The molecule has 1 aliphatic rings. The zero-order valence-electron chi connectivity index (χ0n) is 21.4. The van der Waals surface area contributed by atoms with Crippen LogP contribution in [0.1, 0.15) is 25.0 Å². The summed E-state index contributed by atoms with van der Waals surface area (Å²) in [5.41, 5.74) is 2.65. The maximum absolute atomic E-state index is 13.2. The summed E-state index contributed by atoms with van der Waals surface area (Å²) in [6.45, 7) is 5.97. The number of rotatable bonds is 7. The summed E-state index contributed by atoms with van der Waals surface area (Å²) in [4.78, 5) is 17.1. The van der Waals surface area contributed by atoms with Crippen LogP contribution in [-0.4, -0.2) is 81.6 Å². The van der Waals surface area contributed by atoms with Crippen LogP contribution >= 0.6 is 0 Å². The van der Waals surface area contributed by atoms with E-state index in [0.717, 1.165) is 16.8 Å². The number of carbonyl (C=O) groups is 1. The summed E-state index contributed by atoms with van der Waals surface area (Å²) in [5, 5.41) is 9.78. The molecule has 8 nitrogen and oxygen atoms in total. The van der Waals surface area contributed by atoms with Gasteiger partial charge in [-0.3, -0.25) is 4.79 Å². The summed E-state index contributed by atoms with van der Waals surface area (Å²) in [7, 11) is 1.68. The number of hydrogen-bond acceptors (Lipinski definition) is 6. The quantitative estimate of drug-likeness (QED) is 0.625. The smallest absolute Gasteiger partial charge is 0.242 e. The number of sulfonamides is 1. The van der Waals surface area contributed by atoms with Crippen LogP contribution in [-0.2, 0) is 21.2 Å². The number of likely N-dealkylation sites (N-methyl/N-ethyl adjacent to an activating group) is 1. The lowest BCUT2D eigenvalue weighted by atomic mass is 10.0. The lowest BCUT2D eigenvalue weighted by Crippen LogP contribution is -2.48. The fourth-order valence-electron chi connectivity index (χ4n) is 4.15. The second kappa shape index (κ2) is 11.0. The lowest BCUT2D eigenvalue weighted by molar-refractivity contribution is -0.134. The van der Waals surface area contributed by atoms with E-state index in [1.165, 1.54) is 4.31 Å². The first-order valence-electron chi connectivity index (χ1n) is 11.8. The third kappa shape index (κ3) is 6.15. The van der Waals surface area contributed by atoms with Gasteiger partial charge in [-0.1, -0.05) is 24.6 Å². The Bertz CT molecular complexity index is 1130. The molecule has 1 N–H and O–H groups in total. The number of hydrogen-bond donors (Lipinski definition) is 1. The van der Waals surface area contributed by atoms with Crippen molar-refractivity contribution in [3.05, 3.63) is 53.6 Å². The molecule has 2 aromatic rings. The van der Waals surface area contributed by atoms with E-state index in [1.54, 1.807) is 36.2 Å². The molecular formula is C26H37N3O5S. The molecule has 0 spiro atoms. The van der Waals surface area contributed by atoms with Crippen molar-refractivity contribution in [1.29, 1.82) is 0 Å². The van der Waals surface area contributed by atoms with Crippen LogP contribution < -0.4 is 9.64 Å². The van der Waals surface area contributed by atoms with Crippen LogP contribution in [0.25, 0.3) is 0 Å². The number of anilines is 1. The summed E-state index contributed by atoms with van der Waals surface area (Å²) < 4.78 is 34.2. The molecule has 3 atom stereocenters. The molecule has 0 bridgehead atoms. The second-order valence-electron chi connectivity index (χ2n) is 9.67. The van der Waals surface area contributed by atoms with E-state index in [4.69, 9.17) is 4.74 Å². The molecular weight excluding hydrogens is 466 g/mol. The highest BCUT2D eigenvalue weighted by molar-refractivity contribution is 7.89. The van der Waals surface area contributed by atoms with Gasteiger partial charge < -0.3 is 19.6 Å². The first-order valence-corrected chi connectivity index (χ1v) is 13.3. The summed E-state index contributed by atoms with van der Waals surface area (Å²) in [6, 6.07) is 12.1. The summed E-state index contributed by atoms with van der Waals surface area (Å²) in [6.07, 6.45) is -0.373. The molecule has 0 unspecified atom stereocenters. The molecule has 0 aromatic heterocycles. The van der Waals surface area contributed by atoms with Crippen molar-refractivity contribution < 1.29 is 23.1 Å². The first-order chi connectivity index (χ1) is 16.4. The normalized spacial score (nSPS) is 19.9. The third-order valence-electron chi connectivity index (χ3n) is 6.58. The fraction of sp³-hybridized carbons (Fsp3) is 0.500. The topological polar surface area (TPSA) is 90.4 Å². The van der Waals surface area contributed by atoms with Crippen molar-refractivity contribution in [1.82, 2.24) is 9.21 Å². The largest absolute Gasteiger partial charge is 0.488 e. The van der Waals surface area contributed by atoms with Crippen LogP contribution in [0.4, 0.5) is 5.69 Å². The van der Waals surface area contributed by atoms with Crippen LogP contribution in [0, 0.1) is 12.8 Å². The Morgan fingerprint density at radius 1 is 1.14 bits per heavy atom. The number of ether oxygens (including phenoxy) is 1. The molecule has 35 heavy (non-hydrogen) atoms. The van der Waals surface area contributed by atoms with E-state index in [2.05, 4.69) is 0 Å². The minimum absolute atomic E-state index is 0.0968. The average Bonchev–Trinajstić information content (AvgIpc) is 2.86. The van der Waals surface area contributed by atoms with Gasteiger partial charge in [0.25, 0.3) is 0 Å². The number of fused-ring (bicyclic) bond motifs is 1. The number of nitrogens with zero attached hydrogens (tertiary/aromatic N) is 3. The molecule has 1 aliphatic heterocycles. The van der Waals surface area contributed by atoms with Crippen molar-refractivity contribution >= 4 is 21.6 Å². The number of benzene rings is 2. The van der Waals surface area contributed by atoms with Crippen molar-refractivity contribution in [3.63, 3.8) is 0 Å². The van der Waals surface area contributed by atoms with Gasteiger partial charge in [-0.25, -0.2) is 8.42 Å². The molecule has 192 valence electrons. The SMILES string of the molecule is Cc1ccc(S(=O)(=O)N(C)C[C@@H]2Oc3ccc(N(C)C)cc3CC(=O)N([C@@H](C)CO)C[C@@H]2C)cc1. The molecule has 0 saturated carbocycles. The molecule has 2 aromatic carbocycles. The van der Waals surface area contributed by atoms with Crippen LogP contribution in [0.3, 0.4) is 0 Å². The van der Waals surface area contributed by atoms with Crippen LogP contribution in [0.5, 0.6) is 5.75 Å². The van der Waals surface area contributed by atoms with E-state index < -0.39 is 16.1 Å². The van der Waals surface area contributed by atoms with Gasteiger partial charge in [0.1, 0.15) is 11.9 Å². The van der Waals surface area contributed by atoms with E-state index >= 15 is 0 Å². The fourth-order valence-corrected chi connectivity index (χ4v) is 5.34. The Kier molecular flexibility index (Phi) is 8.46. The Morgan fingerprint density at radius 3 is 2.40 bits per heavy atom. The third-order valence-corrected chi connectivity index (χ3v) is 8.42. The maximum atomic E-state index is 13.2. The van der Waals surface area contributed by atoms with E-state index in [0.29, 0.717) is 12.3 Å². The van der Waals surface area contributed by atoms with E-state index in [-0.39, 0.29) is 42.3 Å². The number of aliphatic hydroxyl groups is 1. The summed E-state index contributed by atoms with van der Waals surface area (Å²) >= 11 is 0. The molecule has 1 amide bonds. The van der Waals surface area contributed by atoms with Crippen molar-refractivity contribution in [2.45, 2.75) is 44.2 Å². The first kappa shape index (κ1) is 27.0. The Balaban J connectivity index is 1.97. The zero-order valence-corrected chi connectivity index (χ0v) is 22.2. The van der Waals surface area contributed by atoms with Crippen molar-refractivity contribution in [3.8, 4) is 5.75 Å². The second-order valence-corrected chi connectivity index (χ2v) is 11.7. The van der Waals surface area contributed by atoms with Gasteiger partial charge in [0.05, 0.1) is 30.5 Å². The predicted molar refractivity (Wildman–Crippen MR) is 137 cm³/mol. The minimum atomic E-state index is -3.72. The zero-order chi connectivity index (χ0) is 25.9. The Morgan fingerprint density at radius 2 is 1.80 bits per heavy atom. The maximum Gasteiger partial charge on any atom is 0.242 e. The minimum Gasteiger partial charge on any atom is -0.488 e.